The molecule has 1 saturated heterocycles. The topological polar surface area (TPSA) is 29.3 Å². The number of thioether (sulfide) groups is 1. The van der Waals surface area contributed by atoms with Crippen molar-refractivity contribution in [3.8, 4) is 0 Å². The smallest absolute Gasteiger partial charge is 0.0406 e. The molecule has 0 aliphatic carbocycles. The SMILES string of the molecule is CC1(C)CCN(C(C)(CN)Cc2ccc(Cl)cc2)CCS1. The molecule has 1 aliphatic rings. The fourth-order valence-electron chi connectivity index (χ4n) is 2.92. The Morgan fingerprint density at radius 3 is 2.57 bits per heavy atom. The van der Waals surface area contributed by atoms with Crippen LogP contribution in [0.2, 0.25) is 5.02 Å². The summed E-state index contributed by atoms with van der Waals surface area (Å²) in [6, 6.07) is 8.17. The van der Waals surface area contributed by atoms with Crippen LogP contribution in [0, 0.1) is 0 Å². The lowest BCUT2D eigenvalue weighted by Crippen LogP contribution is -2.54. The molecule has 1 fully saturated rings. The van der Waals surface area contributed by atoms with Crippen molar-refractivity contribution in [3.63, 3.8) is 0 Å². The second-order valence-corrected chi connectivity index (χ2v) is 9.09. The van der Waals surface area contributed by atoms with E-state index in [1.807, 2.05) is 12.1 Å². The largest absolute Gasteiger partial charge is 0.329 e. The van der Waals surface area contributed by atoms with Gasteiger partial charge < -0.3 is 5.73 Å². The molecule has 118 valence electrons. The summed E-state index contributed by atoms with van der Waals surface area (Å²) < 4.78 is 0.379. The summed E-state index contributed by atoms with van der Waals surface area (Å²) in [5.74, 6) is 1.18. The Labute approximate surface area is 138 Å². The maximum absolute atomic E-state index is 6.16. The molecular formula is C17H27ClN2S. The first kappa shape index (κ1) is 17.1. The Kier molecular flexibility index (Phi) is 5.64. The number of rotatable bonds is 4. The molecule has 2 rings (SSSR count). The van der Waals surface area contributed by atoms with Gasteiger partial charge in [-0.1, -0.05) is 37.6 Å². The molecule has 0 bridgehead atoms. The molecule has 21 heavy (non-hydrogen) atoms. The van der Waals surface area contributed by atoms with Crippen LogP contribution in [0.4, 0.5) is 0 Å². The van der Waals surface area contributed by atoms with Crippen molar-refractivity contribution >= 4 is 23.4 Å². The quantitative estimate of drug-likeness (QED) is 0.912. The second kappa shape index (κ2) is 6.91. The molecule has 0 radical (unpaired) electrons. The van der Waals surface area contributed by atoms with Gasteiger partial charge in [0.25, 0.3) is 0 Å². The van der Waals surface area contributed by atoms with E-state index in [-0.39, 0.29) is 5.54 Å². The molecule has 1 heterocycles. The van der Waals surface area contributed by atoms with Gasteiger partial charge in [0.15, 0.2) is 0 Å². The first-order chi connectivity index (χ1) is 9.85. The average Bonchev–Trinajstić information content (AvgIpc) is 2.62. The van der Waals surface area contributed by atoms with Gasteiger partial charge >= 0.3 is 0 Å². The second-order valence-electron chi connectivity index (χ2n) is 6.85. The lowest BCUT2D eigenvalue weighted by Gasteiger charge is -2.40. The Bertz CT molecular complexity index is 460. The van der Waals surface area contributed by atoms with E-state index in [2.05, 4.69) is 49.6 Å². The van der Waals surface area contributed by atoms with Gasteiger partial charge in [0.05, 0.1) is 0 Å². The van der Waals surface area contributed by atoms with Gasteiger partial charge in [-0.05, 0) is 37.5 Å². The molecule has 1 atom stereocenters. The Morgan fingerprint density at radius 2 is 1.95 bits per heavy atom. The molecule has 1 aliphatic heterocycles. The Balaban J connectivity index is 2.10. The van der Waals surface area contributed by atoms with Gasteiger partial charge in [-0.15, -0.1) is 0 Å². The molecule has 0 saturated carbocycles. The van der Waals surface area contributed by atoms with E-state index in [0.717, 1.165) is 24.5 Å². The van der Waals surface area contributed by atoms with Crippen molar-refractivity contribution in [3.05, 3.63) is 34.9 Å². The van der Waals surface area contributed by atoms with Crippen molar-refractivity contribution in [2.45, 2.75) is 43.9 Å². The lowest BCUT2D eigenvalue weighted by molar-refractivity contribution is 0.116. The molecule has 1 aromatic rings. The van der Waals surface area contributed by atoms with Gasteiger partial charge in [0.2, 0.25) is 0 Å². The van der Waals surface area contributed by atoms with Gasteiger partial charge in [-0.3, -0.25) is 4.90 Å². The minimum Gasteiger partial charge on any atom is -0.329 e. The summed E-state index contributed by atoms with van der Waals surface area (Å²) in [5.41, 5.74) is 7.49. The number of hydrogen-bond acceptors (Lipinski definition) is 3. The number of nitrogens with zero attached hydrogens (tertiary/aromatic N) is 1. The molecular weight excluding hydrogens is 300 g/mol. The van der Waals surface area contributed by atoms with Crippen LogP contribution < -0.4 is 5.73 Å². The van der Waals surface area contributed by atoms with E-state index in [9.17, 15) is 0 Å². The summed E-state index contributed by atoms with van der Waals surface area (Å²) in [7, 11) is 0. The molecule has 2 nitrogen and oxygen atoms in total. The average molecular weight is 327 g/mol. The van der Waals surface area contributed by atoms with Crippen molar-refractivity contribution in [1.29, 1.82) is 0 Å². The first-order valence-electron chi connectivity index (χ1n) is 7.68. The number of hydrogen-bond donors (Lipinski definition) is 1. The van der Waals surface area contributed by atoms with E-state index < -0.39 is 0 Å². The van der Waals surface area contributed by atoms with Gasteiger partial charge in [-0.2, -0.15) is 11.8 Å². The third-order valence-electron chi connectivity index (χ3n) is 4.54. The van der Waals surface area contributed by atoms with Crippen LogP contribution in [0.5, 0.6) is 0 Å². The molecule has 4 heteroatoms. The van der Waals surface area contributed by atoms with E-state index in [1.54, 1.807) is 0 Å². The highest BCUT2D eigenvalue weighted by Crippen LogP contribution is 2.33. The predicted molar refractivity (Wildman–Crippen MR) is 95.3 cm³/mol. The van der Waals surface area contributed by atoms with Crippen molar-refractivity contribution in [1.82, 2.24) is 4.90 Å². The zero-order valence-corrected chi connectivity index (χ0v) is 14.9. The van der Waals surface area contributed by atoms with Crippen molar-refractivity contribution < 1.29 is 0 Å². The number of benzene rings is 1. The zero-order chi connectivity index (χ0) is 15.5. The van der Waals surface area contributed by atoms with Gasteiger partial charge in [0.1, 0.15) is 0 Å². The van der Waals surface area contributed by atoms with Gasteiger partial charge in [-0.25, -0.2) is 0 Å². The van der Waals surface area contributed by atoms with Crippen LogP contribution in [0.1, 0.15) is 32.8 Å². The van der Waals surface area contributed by atoms with E-state index >= 15 is 0 Å². The van der Waals surface area contributed by atoms with Crippen LogP contribution in [-0.4, -0.2) is 40.6 Å². The number of halogens is 1. The van der Waals surface area contributed by atoms with Crippen LogP contribution in [-0.2, 0) is 6.42 Å². The van der Waals surface area contributed by atoms with Crippen LogP contribution >= 0.6 is 23.4 Å². The van der Waals surface area contributed by atoms with Crippen LogP contribution in [0.15, 0.2) is 24.3 Å². The van der Waals surface area contributed by atoms with Crippen LogP contribution in [0.25, 0.3) is 0 Å². The zero-order valence-electron chi connectivity index (χ0n) is 13.4. The first-order valence-corrected chi connectivity index (χ1v) is 9.05. The molecule has 2 N–H and O–H groups in total. The fourth-order valence-corrected chi connectivity index (χ4v) is 4.14. The van der Waals surface area contributed by atoms with E-state index in [0.29, 0.717) is 11.3 Å². The molecule has 1 unspecified atom stereocenters. The summed E-state index contributed by atoms with van der Waals surface area (Å²) in [5, 5.41) is 0.793. The minimum atomic E-state index is 0.0226. The summed E-state index contributed by atoms with van der Waals surface area (Å²) >= 11 is 8.06. The minimum absolute atomic E-state index is 0.0226. The van der Waals surface area contributed by atoms with Gasteiger partial charge in [0, 0.05) is 40.7 Å². The van der Waals surface area contributed by atoms with Crippen molar-refractivity contribution in [2.24, 2.45) is 5.73 Å². The lowest BCUT2D eigenvalue weighted by atomic mass is 9.90. The van der Waals surface area contributed by atoms with E-state index in [4.69, 9.17) is 17.3 Å². The highest BCUT2D eigenvalue weighted by atomic mass is 35.5. The maximum Gasteiger partial charge on any atom is 0.0406 e. The highest BCUT2D eigenvalue weighted by Gasteiger charge is 2.34. The molecule has 0 amide bonds. The predicted octanol–water partition coefficient (Wildman–Crippen LogP) is 3.82. The molecule has 0 spiro atoms. The molecule has 0 aromatic heterocycles. The Hall–Kier alpha value is -0.220. The van der Waals surface area contributed by atoms with E-state index in [1.165, 1.54) is 17.7 Å². The summed E-state index contributed by atoms with van der Waals surface area (Å²) in [6.07, 6.45) is 2.19. The monoisotopic (exact) mass is 326 g/mol. The molecule has 1 aromatic carbocycles. The number of nitrogens with two attached hydrogens (primary N) is 1. The third kappa shape index (κ3) is 4.62. The normalized spacial score (nSPS) is 22.5. The standard InChI is InChI=1S/C17H27ClN2S/c1-16(2)8-9-20(10-11-21-16)17(3,13-19)12-14-4-6-15(18)7-5-14/h4-7H,8-13,19H2,1-3H3. The maximum atomic E-state index is 6.16. The fraction of sp³-hybridized carbons (Fsp3) is 0.647. The highest BCUT2D eigenvalue weighted by molar-refractivity contribution is 8.00. The van der Waals surface area contributed by atoms with Crippen molar-refractivity contribution in [2.75, 3.05) is 25.4 Å². The van der Waals surface area contributed by atoms with Crippen LogP contribution in [0.3, 0.4) is 0 Å². The Morgan fingerprint density at radius 1 is 1.29 bits per heavy atom. The third-order valence-corrected chi connectivity index (χ3v) is 6.16. The summed E-state index contributed by atoms with van der Waals surface area (Å²) in [6.45, 7) is 9.92. The summed E-state index contributed by atoms with van der Waals surface area (Å²) in [4.78, 5) is 2.59.